The molecule has 0 aliphatic heterocycles. The summed E-state index contributed by atoms with van der Waals surface area (Å²) in [6.45, 7) is 12.7. The number of carbonyl (C=O) groups is 1. The van der Waals surface area contributed by atoms with E-state index in [2.05, 4.69) is 41.7 Å². The number of halogens is 3. The summed E-state index contributed by atoms with van der Waals surface area (Å²) in [6.07, 6.45) is 2.37. The van der Waals surface area contributed by atoms with Crippen LogP contribution in [0.1, 0.15) is 78.4 Å². The second-order valence-electron chi connectivity index (χ2n) is 14.5. The second-order valence-corrected chi connectivity index (χ2v) is 14.5. The Balaban J connectivity index is 0.000000280. The van der Waals surface area contributed by atoms with Crippen LogP contribution in [0.25, 0.3) is 59.8 Å². The van der Waals surface area contributed by atoms with Crippen LogP contribution >= 0.6 is 0 Å². The Hall–Kier alpha value is -4.00. The number of aliphatic hydroxyl groups excluding tert-OH is 1. The van der Waals surface area contributed by atoms with Crippen molar-refractivity contribution in [2.45, 2.75) is 86.7 Å². The van der Waals surface area contributed by atoms with Gasteiger partial charge < -0.3 is 9.51 Å². The summed E-state index contributed by atoms with van der Waals surface area (Å²) < 4.78 is 43.4. The number of pyridine rings is 2. The first kappa shape index (κ1) is 39.2. The molecule has 0 saturated carbocycles. The number of carbonyl (C=O) groups excluding carboxylic acids is 1. The fraction of sp³-hybridized carbons (Fsp3) is 0.364. The quantitative estimate of drug-likeness (QED) is 0.0517. The average molecular weight is 884 g/mol. The molecule has 0 amide bonds. The molecule has 0 aliphatic carbocycles. The summed E-state index contributed by atoms with van der Waals surface area (Å²) in [7, 11) is 0. The van der Waals surface area contributed by atoms with Crippen LogP contribution in [-0.4, -0.2) is 26.5 Å². The topological polar surface area (TPSA) is 54.6 Å². The van der Waals surface area contributed by atoms with E-state index in [1.807, 2.05) is 70.3 Å². The number of benzene rings is 4. The smallest absolute Gasteiger partial charge is 0.394 e. The zero-order valence-corrected chi connectivity index (χ0v) is 33.2. The van der Waals surface area contributed by atoms with E-state index in [0.717, 1.165) is 91.0 Å². The number of aliphatic hydroxyl groups is 1. The van der Waals surface area contributed by atoms with E-state index < -0.39 is 11.6 Å². The van der Waals surface area contributed by atoms with Crippen LogP contribution in [0.3, 0.4) is 0 Å². The second kappa shape index (κ2) is 15.2. The SMILES string of the molecule is CCC(CC)C(=O)/C=C(\O)C(CC)CC.Cc1c2ccccc2[c-]c2c3nccc4ccc5c6ccc(CC(C)(C)C(F)(F)F)cc6n(c12)c5c43.[Ir]. The number of alkyl halides is 3. The maximum atomic E-state index is 13.7. The Bertz CT molecular complexity index is 2420. The summed E-state index contributed by atoms with van der Waals surface area (Å²) in [4.78, 5) is 16.5. The zero-order valence-electron chi connectivity index (χ0n) is 30.8. The molecule has 7 aromatic rings. The Morgan fingerprint density at radius 1 is 0.885 bits per heavy atom. The van der Waals surface area contributed by atoms with Crippen LogP contribution in [0.4, 0.5) is 13.2 Å². The van der Waals surface area contributed by atoms with Crippen molar-refractivity contribution >= 4 is 65.6 Å². The van der Waals surface area contributed by atoms with Gasteiger partial charge in [-0.3, -0.25) is 9.78 Å². The van der Waals surface area contributed by atoms with Crippen molar-refractivity contribution in [3.05, 3.63) is 95.9 Å². The fourth-order valence-corrected chi connectivity index (χ4v) is 7.61. The summed E-state index contributed by atoms with van der Waals surface area (Å²) in [5, 5.41) is 17.0. The van der Waals surface area contributed by atoms with Crippen molar-refractivity contribution in [3.63, 3.8) is 0 Å². The third-order valence-electron chi connectivity index (χ3n) is 10.9. The van der Waals surface area contributed by atoms with Crippen molar-refractivity contribution < 1.29 is 43.2 Å². The maximum Gasteiger partial charge on any atom is 0.394 e. The molecular formula is C44H46F3IrN2O2-. The molecule has 1 radical (unpaired) electrons. The predicted octanol–water partition coefficient (Wildman–Crippen LogP) is 12.6. The van der Waals surface area contributed by atoms with Crippen LogP contribution < -0.4 is 0 Å². The van der Waals surface area contributed by atoms with Gasteiger partial charge in [0.05, 0.1) is 11.2 Å². The molecule has 0 spiro atoms. The van der Waals surface area contributed by atoms with Gasteiger partial charge in [-0.2, -0.15) is 13.2 Å². The first-order valence-electron chi connectivity index (χ1n) is 18.1. The van der Waals surface area contributed by atoms with Gasteiger partial charge in [0.1, 0.15) is 0 Å². The third kappa shape index (κ3) is 6.80. The van der Waals surface area contributed by atoms with Crippen molar-refractivity contribution in [2.75, 3.05) is 0 Å². The van der Waals surface area contributed by atoms with E-state index >= 15 is 0 Å². The molecule has 0 atom stereocenters. The molecule has 4 nitrogen and oxygen atoms in total. The van der Waals surface area contributed by atoms with Crippen molar-refractivity contribution in [1.29, 1.82) is 0 Å². The molecule has 52 heavy (non-hydrogen) atoms. The van der Waals surface area contributed by atoms with Crippen molar-refractivity contribution in [2.24, 2.45) is 17.3 Å². The minimum Gasteiger partial charge on any atom is -0.512 e. The van der Waals surface area contributed by atoms with Gasteiger partial charge in [-0.1, -0.05) is 107 Å². The maximum absolute atomic E-state index is 13.7. The number of aromatic nitrogens is 2. The summed E-state index contributed by atoms with van der Waals surface area (Å²) >= 11 is 0. The normalized spacial score (nSPS) is 12.9. The molecule has 275 valence electrons. The number of fused-ring (bicyclic) bond motifs is 7. The van der Waals surface area contributed by atoms with Crippen molar-refractivity contribution in [3.8, 4) is 0 Å². The van der Waals surface area contributed by atoms with Crippen LogP contribution in [0.5, 0.6) is 0 Å². The average Bonchev–Trinajstić information content (AvgIpc) is 3.42. The van der Waals surface area contributed by atoms with Gasteiger partial charge in [0.25, 0.3) is 0 Å². The van der Waals surface area contributed by atoms with Gasteiger partial charge in [0, 0.05) is 71.5 Å². The molecule has 0 bridgehead atoms. The van der Waals surface area contributed by atoms with Gasteiger partial charge >= 0.3 is 6.18 Å². The summed E-state index contributed by atoms with van der Waals surface area (Å²) in [6, 6.07) is 23.8. The molecule has 8 heteroatoms. The number of nitrogens with zero attached hydrogens (tertiary/aromatic N) is 2. The Labute approximate surface area is 316 Å². The molecule has 0 fully saturated rings. The van der Waals surface area contributed by atoms with Crippen LogP contribution in [0.15, 0.2) is 78.7 Å². The number of hydrogen-bond acceptors (Lipinski definition) is 3. The Kier molecular flexibility index (Phi) is 11.4. The van der Waals surface area contributed by atoms with E-state index in [1.54, 1.807) is 0 Å². The number of ketones is 1. The standard InChI is InChI=1S/C31H22F3N2.C13H24O2.Ir/c1-17-21-7-5-4-6-20(21)15-24-27-26-19(12-13-35-27)9-11-23-22-10-8-18(16-30(2,3)31(32,33)34)14-25(22)36(28(17)24)29(23)26;1-5-10(6-2)12(14)9-13(15)11(7-3)8-4;/h4-14H,16H2,1-3H3;9-11,14H,5-8H2,1-4H3;/q-1;;/b;12-9-;. The van der Waals surface area contributed by atoms with Crippen molar-refractivity contribution in [1.82, 2.24) is 9.38 Å². The number of rotatable bonds is 9. The largest absolute Gasteiger partial charge is 0.512 e. The first-order valence-corrected chi connectivity index (χ1v) is 18.1. The summed E-state index contributed by atoms with van der Waals surface area (Å²) in [5.41, 5.74) is 3.81. The molecule has 7 rings (SSSR count). The number of hydrogen-bond donors (Lipinski definition) is 1. The molecular weight excluding hydrogens is 838 g/mol. The van der Waals surface area contributed by atoms with Gasteiger partial charge in [0.2, 0.25) is 0 Å². The van der Waals surface area contributed by atoms with Crippen LogP contribution in [0, 0.1) is 30.2 Å². The van der Waals surface area contributed by atoms with Gasteiger partial charge in [-0.15, -0.1) is 17.5 Å². The minimum atomic E-state index is -4.28. The van der Waals surface area contributed by atoms with E-state index in [4.69, 9.17) is 4.98 Å². The minimum absolute atomic E-state index is 0. The monoisotopic (exact) mass is 884 g/mol. The molecule has 3 aromatic heterocycles. The van der Waals surface area contributed by atoms with Gasteiger partial charge in [-0.05, 0) is 66.1 Å². The van der Waals surface area contributed by atoms with Crippen LogP contribution in [-0.2, 0) is 31.3 Å². The number of allylic oxidation sites excluding steroid dienone is 2. The van der Waals surface area contributed by atoms with Crippen LogP contribution in [0.2, 0.25) is 0 Å². The Morgan fingerprint density at radius 2 is 1.54 bits per heavy atom. The molecule has 4 aromatic carbocycles. The fourth-order valence-electron chi connectivity index (χ4n) is 7.61. The Morgan fingerprint density at radius 3 is 2.19 bits per heavy atom. The van der Waals surface area contributed by atoms with E-state index in [1.165, 1.54) is 19.9 Å². The molecule has 0 aliphatic rings. The molecule has 3 heterocycles. The third-order valence-corrected chi connectivity index (χ3v) is 10.9. The first-order chi connectivity index (χ1) is 24.3. The van der Waals surface area contributed by atoms with E-state index in [0.29, 0.717) is 5.56 Å². The van der Waals surface area contributed by atoms with Gasteiger partial charge in [0.15, 0.2) is 5.78 Å². The molecule has 1 N–H and O–H groups in total. The zero-order chi connectivity index (χ0) is 36.8. The van der Waals surface area contributed by atoms with Gasteiger partial charge in [-0.25, -0.2) is 0 Å². The molecule has 0 unspecified atom stereocenters. The molecule has 0 saturated heterocycles. The van der Waals surface area contributed by atoms with E-state index in [9.17, 15) is 23.1 Å². The van der Waals surface area contributed by atoms with E-state index in [-0.39, 0.29) is 49.9 Å². The predicted molar refractivity (Wildman–Crippen MR) is 205 cm³/mol. The summed E-state index contributed by atoms with van der Waals surface area (Å²) in [5.74, 6) is 0.547. The number of aryl methyl sites for hydroxylation is 1.